The van der Waals surface area contributed by atoms with Crippen LogP contribution in [0.25, 0.3) is 0 Å². The first-order valence-corrected chi connectivity index (χ1v) is 5.49. The maximum Gasteiger partial charge on any atom is 0.0615 e. The Hall–Kier alpha value is -0.0800. The lowest BCUT2D eigenvalue weighted by Gasteiger charge is -2.44. The summed E-state index contributed by atoms with van der Waals surface area (Å²) in [6, 6.07) is 0. The molecule has 0 aromatic heterocycles. The van der Waals surface area contributed by atoms with Gasteiger partial charge >= 0.3 is 0 Å². The predicted molar refractivity (Wildman–Crippen MR) is 60.1 cm³/mol. The summed E-state index contributed by atoms with van der Waals surface area (Å²) in [5, 5.41) is 19.4. The minimum absolute atomic E-state index is 0.0421. The van der Waals surface area contributed by atoms with Gasteiger partial charge in [-0.3, -0.25) is 0 Å². The molecule has 0 saturated carbocycles. The molecule has 0 spiro atoms. The van der Waals surface area contributed by atoms with Gasteiger partial charge in [-0.25, -0.2) is 0 Å². The van der Waals surface area contributed by atoms with E-state index in [1.54, 1.807) is 0 Å². The number of hydrogen-bond donors (Lipinski definition) is 2. The van der Waals surface area contributed by atoms with Crippen LogP contribution in [-0.4, -0.2) is 22.9 Å². The van der Waals surface area contributed by atoms with Crippen molar-refractivity contribution in [3.63, 3.8) is 0 Å². The highest BCUT2D eigenvalue weighted by atomic mass is 16.3. The van der Waals surface area contributed by atoms with Gasteiger partial charge < -0.3 is 10.2 Å². The van der Waals surface area contributed by atoms with E-state index in [9.17, 15) is 10.2 Å². The van der Waals surface area contributed by atoms with Crippen LogP contribution in [0.4, 0.5) is 0 Å². The van der Waals surface area contributed by atoms with Crippen LogP contribution in [0.15, 0.2) is 0 Å². The number of aliphatic hydroxyl groups is 2. The third-order valence-corrected chi connectivity index (χ3v) is 3.78. The van der Waals surface area contributed by atoms with Crippen molar-refractivity contribution >= 4 is 0 Å². The number of rotatable bonds is 4. The third-order valence-electron chi connectivity index (χ3n) is 3.78. The Morgan fingerprint density at radius 3 is 1.79 bits per heavy atom. The first-order chi connectivity index (χ1) is 6.20. The molecule has 2 N–H and O–H groups in total. The molecule has 0 aliphatic carbocycles. The molecule has 0 fully saturated rings. The van der Waals surface area contributed by atoms with Gasteiger partial charge in [-0.2, -0.15) is 0 Å². The van der Waals surface area contributed by atoms with E-state index in [-0.39, 0.29) is 17.9 Å². The van der Waals surface area contributed by atoms with Crippen LogP contribution in [0.2, 0.25) is 0 Å². The minimum Gasteiger partial charge on any atom is -0.396 e. The summed E-state index contributed by atoms with van der Waals surface area (Å²) >= 11 is 0. The molecule has 0 rings (SSSR count). The van der Waals surface area contributed by atoms with Crippen molar-refractivity contribution in [3.05, 3.63) is 0 Å². The smallest absolute Gasteiger partial charge is 0.0615 e. The highest BCUT2D eigenvalue weighted by Gasteiger charge is 2.42. The van der Waals surface area contributed by atoms with Crippen molar-refractivity contribution in [1.82, 2.24) is 0 Å². The Morgan fingerprint density at radius 2 is 1.57 bits per heavy atom. The number of hydrogen-bond acceptors (Lipinski definition) is 2. The van der Waals surface area contributed by atoms with Crippen molar-refractivity contribution in [1.29, 1.82) is 0 Å². The van der Waals surface area contributed by atoms with Crippen LogP contribution < -0.4 is 0 Å². The molecule has 0 amide bonds. The van der Waals surface area contributed by atoms with E-state index in [2.05, 4.69) is 27.7 Å². The lowest BCUT2D eigenvalue weighted by atomic mass is 9.63. The Labute approximate surface area is 88.3 Å². The highest BCUT2D eigenvalue weighted by molar-refractivity contribution is 4.91. The van der Waals surface area contributed by atoms with E-state index < -0.39 is 11.5 Å². The van der Waals surface area contributed by atoms with Gasteiger partial charge in [0, 0.05) is 5.41 Å². The molecule has 86 valence electrons. The molecule has 0 saturated heterocycles. The summed E-state index contributed by atoms with van der Waals surface area (Å²) in [5.41, 5.74) is -0.291. The third kappa shape index (κ3) is 2.71. The maximum absolute atomic E-state index is 9.95. The van der Waals surface area contributed by atoms with Crippen molar-refractivity contribution in [2.45, 2.75) is 54.1 Å². The molecule has 3 atom stereocenters. The second-order valence-corrected chi connectivity index (χ2v) is 5.68. The van der Waals surface area contributed by atoms with Crippen LogP contribution in [0.1, 0.15) is 48.0 Å². The molecular formula is C12H26O2. The lowest BCUT2D eigenvalue weighted by molar-refractivity contribution is -0.0734. The molecular weight excluding hydrogens is 176 g/mol. The zero-order valence-electron chi connectivity index (χ0n) is 10.5. The standard InChI is InChI=1S/C12H26O2/c1-7-10(14)12(6,8-13)9(2)11(3,4)5/h9-10,13-14H,7-8H2,1-6H3. The quantitative estimate of drug-likeness (QED) is 0.735. The Balaban J connectivity index is 4.85. The lowest BCUT2D eigenvalue weighted by Crippen LogP contribution is -2.45. The predicted octanol–water partition coefficient (Wildman–Crippen LogP) is 2.44. The van der Waals surface area contributed by atoms with E-state index in [0.29, 0.717) is 6.42 Å². The molecule has 14 heavy (non-hydrogen) atoms. The average Bonchev–Trinajstić information content (AvgIpc) is 2.12. The fourth-order valence-electron chi connectivity index (χ4n) is 1.99. The summed E-state index contributed by atoms with van der Waals surface area (Å²) in [6.07, 6.45) is 0.263. The summed E-state index contributed by atoms with van der Waals surface area (Å²) in [4.78, 5) is 0. The van der Waals surface area contributed by atoms with E-state index in [0.717, 1.165) is 0 Å². The van der Waals surface area contributed by atoms with Crippen LogP contribution in [-0.2, 0) is 0 Å². The molecule has 0 aliphatic rings. The van der Waals surface area contributed by atoms with Gasteiger partial charge in [0.1, 0.15) is 0 Å². The van der Waals surface area contributed by atoms with Gasteiger partial charge in [0.15, 0.2) is 0 Å². The van der Waals surface area contributed by atoms with Crippen LogP contribution in [0.5, 0.6) is 0 Å². The summed E-state index contributed by atoms with van der Waals surface area (Å²) < 4.78 is 0. The maximum atomic E-state index is 9.95. The zero-order valence-corrected chi connectivity index (χ0v) is 10.5. The monoisotopic (exact) mass is 202 g/mol. The van der Waals surface area contributed by atoms with Crippen LogP contribution >= 0.6 is 0 Å². The van der Waals surface area contributed by atoms with Crippen molar-refractivity contribution in [3.8, 4) is 0 Å². The minimum atomic E-state index is -0.429. The van der Waals surface area contributed by atoms with E-state index in [1.807, 2.05) is 13.8 Å². The Morgan fingerprint density at radius 1 is 1.14 bits per heavy atom. The Bertz CT molecular complexity index is 172. The molecule has 2 heteroatoms. The molecule has 0 aromatic rings. The largest absolute Gasteiger partial charge is 0.396 e. The van der Waals surface area contributed by atoms with Gasteiger partial charge in [0.2, 0.25) is 0 Å². The van der Waals surface area contributed by atoms with Gasteiger partial charge in [-0.15, -0.1) is 0 Å². The second-order valence-electron chi connectivity index (χ2n) is 5.68. The second kappa shape index (κ2) is 4.63. The van der Waals surface area contributed by atoms with E-state index in [1.165, 1.54) is 0 Å². The molecule has 0 radical (unpaired) electrons. The van der Waals surface area contributed by atoms with Gasteiger partial charge in [-0.1, -0.05) is 41.5 Å². The molecule has 2 nitrogen and oxygen atoms in total. The first kappa shape index (κ1) is 13.9. The SMILES string of the molecule is CCC(O)C(C)(CO)C(C)C(C)(C)C. The van der Waals surface area contributed by atoms with E-state index >= 15 is 0 Å². The zero-order chi connectivity index (χ0) is 11.6. The fourth-order valence-corrected chi connectivity index (χ4v) is 1.99. The number of aliphatic hydroxyl groups excluding tert-OH is 2. The van der Waals surface area contributed by atoms with Gasteiger partial charge in [-0.05, 0) is 17.8 Å². The normalized spacial score (nSPS) is 21.4. The van der Waals surface area contributed by atoms with Gasteiger partial charge in [0.25, 0.3) is 0 Å². The topological polar surface area (TPSA) is 40.5 Å². The summed E-state index contributed by atoms with van der Waals surface area (Å²) in [7, 11) is 0. The average molecular weight is 202 g/mol. The van der Waals surface area contributed by atoms with Crippen molar-refractivity contribution in [2.24, 2.45) is 16.7 Å². The molecule has 3 unspecified atom stereocenters. The molecule has 0 aliphatic heterocycles. The Kier molecular flexibility index (Phi) is 4.60. The van der Waals surface area contributed by atoms with Crippen LogP contribution in [0.3, 0.4) is 0 Å². The van der Waals surface area contributed by atoms with Crippen LogP contribution in [0, 0.1) is 16.7 Å². The van der Waals surface area contributed by atoms with Crippen molar-refractivity contribution < 1.29 is 10.2 Å². The molecule has 0 heterocycles. The van der Waals surface area contributed by atoms with Crippen molar-refractivity contribution in [2.75, 3.05) is 6.61 Å². The summed E-state index contributed by atoms with van der Waals surface area (Å²) in [5.74, 6) is 0.273. The summed E-state index contributed by atoms with van der Waals surface area (Å²) in [6.45, 7) is 12.5. The van der Waals surface area contributed by atoms with Gasteiger partial charge in [0.05, 0.1) is 12.7 Å². The molecule has 0 bridgehead atoms. The fraction of sp³-hybridized carbons (Fsp3) is 1.00. The first-order valence-electron chi connectivity index (χ1n) is 5.49. The van der Waals surface area contributed by atoms with E-state index in [4.69, 9.17) is 0 Å². The highest BCUT2D eigenvalue weighted by Crippen LogP contribution is 2.42. The molecule has 0 aromatic carbocycles.